The van der Waals surface area contributed by atoms with Crippen molar-refractivity contribution in [1.82, 2.24) is 15.2 Å². The molecule has 0 unspecified atom stereocenters. The Balaban J connectivity index is 1.09. The number of thioether (sulfide) groups is 1. The molecule has 7 heteroatoms. The summed E-state index contributed by atoms with van der Waals surface area (Å²) in [6.45, 7) is 2.91. The van der Waals surface area contributed by atoms with Crippen molar-refractivity contribution in [2.75, 3.05) is 13.1 Å². The zero-order valence-corrected chi connectivity index (χ0v) is 18.5. The summed E-state index contributed by atoms with van der Waals surface area (Å²) < 4.78 is 11.5. The Hall–Kier alpha value is -3.03. The predicted molar refractivity (Wildman–Crippen MR) is 124 cm³/mol. The average Bonchev–Trinajstić information content (AvgIpc) is 3.46. The molecular weight excluding hydrogens is 422 g/mol. The SMILES string of the molecule is O=C(NC1CCN(Cc2ccccc2)CC1)c1ccc(CSc2nc3ccccc3o2)o1. The average molecular weight is 448 g/mol. The van der Waals surface area contributed by atoms with Crippen LogP contribution in [-0.4, -0.2) is 34.9 Å². The number of oxazole rings is 1. The molecule has 0 spiro atoms. The summed E-state index contributed by atoms with van der Waals surface area (Å²) in [7, 11) is 0. The topological polar surface area (TPSA) is 71.5 Å². The molecule has 2 aromatic heterocycles. The van der Waals surface area contributed by atoms with Crippen LogP contribution in [0.25, 0.3) is 11.1 Å². The van der Waals surface area contributed by atoms with Gasteiger partial charge >= 0.3 is 0 Å². The molecule has 4 aromatic rings. The minimum atomic E-state index is -0.148. The van der Waals surface area contributed by atoms with E-state index in [1.807, 2.05) is 36.4 Å². The van der Waals surface area contributed by atoms with Gasteiger partial charge in [0.1, 0.15) is 11.3 Å². The minimum Gasteiger partial charge on any atom is -0.455 e. The molecule has 1 fully saturated rings. The number of carbonyl (C=O) groups excluding carboxylic acids is 1. The zero-order chi connectivity index (χ0) is 21.8. The number of benzene rings is 2. The van der Waals surface area contributed by atoms with Gasteiger partial charge in [-0.2, -0.15) is 0 Å². The van der Waals surface area contributed by atoms with E-state index in [1.54, 1.807) is 6.07 Å². The van der Waals surface area contributed by atoms with Gasteiger partial charge in [-0.25, -0.2) is 4.98 Å². The molecule has 1 N–H and O–H groups in total. The Morgan fingerprint density at radius 1 is 1.00 bits per heavy atom. The second kappa shape index (κ2) is 9.63. The maximum atomic E-state index is 12.6. The molecule has 0 atom stereocenters. The molecule has 0 saturated carbocycles. The summed E-state index contributed by atoms with van der Waals surface area (Å²) in [5, 5.41) is 3.72. The number of hydrogen-bond donors (Lipinski definition) is 1. The second-order valence-corrected chi connectivity index (χ2v) is 8.94. The maximum absolute atomic E-state index is 12.6. The van der Waals surface area contributed by atoms with Gasteiger partial charge in [-0.1, -0.05) is 54.2 Å². The molecule has 164 valence electrons. The van der Waals surface area contributed by atoms with Crippen molar-refractivity contribution in [1.29, 1.82) is 0 Å². The number of rotatable bonds is 7. The van der Waals surface area contributed by atoms with Crippen molar-refractivity contribution in [3.05, 3.63) is 83.8 Å². The lowest BCUT2D eigenvalue weighted by Crippen LogP contribution is -2.44. The number of nitrogens with zero attached hydrogens (tertiary/aromatic N) is 2. The fourth-order valence-electron chi connectivity index (χ4n) is 3.96. The van der Waals surface area contributed by atoms with Crippen LogP contribution < -0.4 is 5.32 Å². The first-order valence-electron chi connectivity index (χ1n) is 10.9. The number of aromatic nitrogens is 1. The lowest BCUT2D eigenvalue weighted by Gasteiger charge is -2.32. The van der Waals surface area contributed by atoms with Gasteiger partial charge < -0.3 is 14.2 Å². The Morgan fingerprint density at radius 3 is 2.59 bits per heavy atom. The molecule has 32 heavy (non-hydrogen) atoms. The van der Waals surface area contributed by atoms with Crippen LogP contribution >= 0.6 is 11.8 Å². The molecule has 2 aromatic carbocycles. The van der Waals surface area contributed by atoms with E-state index in [1.165, 1.54) is 17.3 Å². The standard InChI is InChI=1S/C25H25N3O3S/c29-24(26-19-12-14-28(15-13-19)16-18-6-2-1-3-7-18)23-11-10-20(30-23)17-32-25-27-21-8-4-5-9-22(21)31-25/h1-11,19H,12-17H2,(H,26,29). The van der Waals surface area contributed by atoms with E-state index in [0.717, 1.165) is 49.3 Å². The van der Waals surface area contributed by atoms with Gasteiger partial charge in [0.25, 0.3) is 11.1 Å². The van der Waals surface area contributed by atoms with Gasteiger partial charge in [-0.3, -0.25) is 9.69 Å². The van der Waals surface area contributed by atoms with Gasteiger partial charge in [0.15, 0.2) is 11.3 Å². The first kappa shape index (κ1) is 20.8. The van der Waals surface area contributed by atoms with E-state index < -0.39 is 0 Å². The highest BCUT2D eigenvalue weighted by Crippen LogP contribution is 2.27. The summed E-state index contributed by atoms with van der Waals surface area (Å²) in [6, 6.07) is 21.9. The van der Waals surface area contributed by atoms with E-state index in [9.17, 15) is 4.79 Å². The third kappa shape index (κ3) is 5.06. The smallest absolute Gasteiger partial charge is 0.287 e. The lowest BCUT2D eigenvalue weighted by molar-refractivity contribution is 0.0879. The Labute approximate surface area is 191 Å². The number of piperidine rings is 1. The Kier molecular flexibility index (Phi) is 6.27. The van der Waals surface area contributed by atoms with Crippen LogP contribution in [0.5, 0.6) is 0 Å². The van der Waals surface area contributed by atoms with Crippen molar-refractivity contribution in [2.24, 2.45) is 0 Å². The summed E-state index contributed by atoms with van der Waals surface area (Å²) in [5.74, 6) is 1.48. The molecule has 0 aliphatic carbocycles. The van der Waals surface area contributed by atoms with E-state index in [0.29, 0.717) is 16.7 Å². The predicted octanol–water partition coefficient (Wildman–Crippen LogP) is 5.11. The molecule has 6 nitrogen and oxygen atoms in total. The molecule has 5 rings (SSSR count). The maximum Gasteiger partial charge on any atom is 0.287 e. The third-order valence-electron chi connectivity index (χ3n) is 5.67. The second-order valence-electron chi connectivity index (χ2n) is 8.01. The fourth-order valence-corrected chi connectivity index (χ4v) is 4.69. The largest absolute Gasteiger partial charge is 0.455 e. The summed E-state index contributed by atoms with van der Waals surface area (Å²) in [4.78, 5) is 19.5. The number of amides is 1. The number of fused-ring (bicyclic) bond motifs is 1. The highest BCUT2D eigenvalue weighted by atomic mass is 32.2. The van der Waals surface area contributed by atoms with E-state index >= 15 is 0 Å². The lowest BCUT2D eigenvalue weighted by atomic mass is 10.0. The van der Waals surface area contributed by atoms with E-state index in [4.69, 9.17) is 8.83 Å². The van der Waals surface area contributed by atoms with E-state index in [2.05, 4.69) is 39.5 Å². The van der Waals surface area contributed by atoms with Crippen LogP contribution in [0.1, 0.15) is 34.7 Å². The molecule has 1 amide bonds. The summed E-state index contributed by atoms with van der Waals surface area (Å²) >= 11 is 1.45. The Bertz CT molecular complexity index is 1150. The number of para-hydroxylation sites is 2. The zero-order valence-electron chi connectivity index (χ0n) is 17.7. The van der Waals surface area contributed by atoms with Crippen LogP contribution in [0.3, 0.4) is 0 Å². The molecule has 3 heterocycles. The first-order chi connectivity index (χ1) is 15.7. The number of nitrogens with one attached hydrogen (secondary N) is 1. The van der Waals surface area contributed by atoms with Crippen molar-refractivity contribution in [3.63, 3.8) is 0 Å². The van der Waals surface area contributed by atoms with Crippen LogP contribution in [0.2, 0.25) is 0 Å². The van der Waals surface area contributed by atoms with E-state index in [-0.39, 0.29) is 11.9 Å². The normalized spacial score (nSPS) is 15.2. The third-order valence-corrected chi connectivity index (χ3v) is 6.52. The van der Waals surface area contributed by atoms with Gasteiger partial charge in [-0.05, 0) is 42.7 Å². The molecule has 0 bridgehead atoms. The van der Waals surface area contributed by atoms with Crippen LogP contribution in [0.15, 0.2) is 80.8 Å². The van der Waals surface area contributed by atoms with Crippen LogP contribution in [-0.2, 0) is 12.3 Å². The molecule has 1 saturated heterocycles. The van der Waals surface area contributed by atoms with Crippen LogP contribution in [0.4, 0.5) is 0 Å². The van der Waals surface area contributed by atoms with Crippen molar-refractivity contribution in [2.45, 2.75) is 36.4 Å². The van der Waals surface area contributed by atoms with Gasteiger partial charge in [0.05, 0.1) is 5.75 Å². The minimum absolute atomic E-state index is 0.148. The molecular formula is C25H25N3O3S. The van der Waals surface area contributed by atoms with Crippen LogP contribution in [0, 0.1) is 0 Å². The number of likely N-dealkylation sites (tertiary alicyclic amines) is 1. The highest BCUT2D eigenvalue weighted by Gasteiger charge is 2.22. The monoisotopic (exact) mass is 447 g/mol. The quantitative estimate of drug-likeness (QED) is 0.397. The molecule has 1 aliphatic heterocycles. The van der Waals surface area contributed by atoms with Crippen molar-refractivity contribution >= 4 is 28.8 Å². The molecule has 1 aliphatic rings. The summed E-state index contributed by atoms with van der Waals surface area (Å²) in [6.07, 6.45) is 1.89. The fraction of sp³-hybridized carbons (Fsp3) is 0.280. The first-order valence-corrected chi connectivity index (χ1v) is 11.9. The van der Waals surface area contributed by atoms with Crippen molar-refractivity contribution in [3.8, 4) is 0 Å². The van der Waals surface area contributed by atoms with Gasteiger partial charge in [0.2, 0.25) is 0 Å². The molecule has 0 radical (unpaired) electrons. The van der Waals surface area contributed by atoms with Crippen molar-refractivity contribution < 1.29 is 13.6 Å². The number of hydrogen-bond acceptors (Lipinski definition) is 6. The Morgan fingerprint density at radius 2 is 1.78 bits per heavy atom. The number of carbonyl (C=O) groups is 1. The highest BCUT2D eigenvalue weighted by molar-refractivity contribution is 7.98. The number of furan rings is 1. The van der Waals surface area contributed by atoms with Gasteiger partial charge in [0, 0.05) is 25.7 Å². The summed E-state index contributed by atoms with van der Waals surface area (Å²) in [5.41, 5.74) is 2.93. The van der Waals surface area contributed by atoms with Gasteiger partial charge in [-0.15, -0.1) is 0 Å².